The lowest BCUT2D eigenvalue weighted by atomic mass is 10.2. The highest BCUT2D eigenvalue weighted by atomic mass is 32.2. The first-order valence-corrected chi connectivity index (χ1v) is 9.78. The first kappa shape index (κ1) is 18.6. The van der Waals surface area contributed by atoms with Crippen LogP contribution >= 0.6 is 0 Å². The van der Waals surface area contributed by atoms with Gasteiger partial charge in [-0.2, -0.15) is 0 Å². The van der Waals surface area contributed by atoms with Crippen molar-refractivity contribution in [1.82, 2.24) is 14.8 Å². The van der Waals surface area contributed by atoms with E-state index in [-0.39, 0.29) is 23.4 Å². The van der Waals surface area contributed by atoms with Gasteiger partial charge in [-0.15, -0.1) is 0 Å². The van der Waals surface area contributed by atoms with Crippen LogP contribution in [-0.4, -0.2) is 50.7 Å². The van der Waals surface area contributed by atoms with E-state index in [0.717, 1.165) is 12.8 Å². The molecule has 0 radical (unpaired) electrons. The molecule has 1 aromatic carbocycles. The predicted octanol–water partition coefficient (Wildman–Crippen LogP) is 1.40. The van der Waals surface area contributed by atoms with Crippen LogP contribution in [0.5, 0.6) is 0 Å². The standard InChI is InChI=1S/C17H21N3O5S/c1-24-12-15-5-3-8-20(15)17(21)13-4-2-6-16(10-13)26(22,23)18-11-14-7-9-25-19-14/h2,4,6-7,9-10,15,18H,3,5,8,11-12H2,1H3/t15-/m0/s1. The number of ether oxygens (including phenoxy) is 1. The number of carbonyl (C=O) groups excluding carboxylic acids is 1. The van der Waals surface area contributed by atoms with Gasteiger partial charge in [0.05, 0.1) is 29.8 Å². The number of benzene rings is 1. The predicted molar refractivity (Wildman–Crippen MR) is 92.9 cm³/mol. The summed E-state index contributed by atoms with van der Waals surface area (Å²) >= 11 is 0. The molecule has 26 heavy (non-hydrogen) atoms. The Bertz CT molecular complexity index is 851. The molecule has 0 bridgehead atoms. The lowest BCUT2D eigenvalue weighted by molar-refractivity contribution is 0.0630. The Hall–Kier alpha value is -2.23. The number of rotatable bonds is 7. The molecule has 140 valence electrons. The number of methoxy groups -OCH3 is 1. The summed E-state index contributed by atoms with van der Waals surface area (Å²) in [5, 5.41) is 3.66. The number of nitrogens with one attached hydrogen (secondary N) is 1. The molecular weight excluding hydrogens is 358 g/mol. The van der Waals surface area contributed by atoms with Crippen LogP contribution in [-0.2, 0) is 21.3 Å². The largest absolute Gasteiger partial charge is 0.383 e. The maximum atomic E-state index is 12.8. The van der Waals surface area contributed by atoms with Crippen molar-refractivity contribution in [2.45, 2.75) is 30.3 Å². The minimum absolute atomic E-state index is 0.0129. The highest BCUT2D eigenvalue weighted by Gasteiger charge is 2.29. The van der Waals surface area contributed by atoms with Crippen molar-refractivity contribution >= 4 is 15.9 Å². The molecule has 1 aliphatic rings. The number of nitrogens with zero attached hydrogens (tertiary/aromatic N) is 2. The maximum absolute atomic E-state index is 12.8. The van der Waals surface area contributed by atoms with Crippen LogP contribution in [0.25, 0.3) is 0 Å². The molecule has 1 atom stereocenters. The summed E-state index contributed by atoms with van der Waals surface area (Å²) in [7, 11) is -2.16. The summed E-state index contributed by atoms with van der Waals surface area (Å²) in [5.41, 5.74) is 0.817. The Kier molecular flexibility index (Phi) is 5.70. The normalized spacial score (nSPS) is 17.6. The second kappa shape index (κ2) is 7.98. The van der Waals surface area contributed by atoms with Gasteiger partial charge in [0.15, 0.2) is 0 Å². The number of hydrogen-bond donors (Lipinski definition) is 1. The number of sulfonamides is 1. The van der Waals surface area contributed by atoms with Crippen molar-refractivity contribution in [2.24, 2.45) is 0 Å². The van der Waals surface area contributed by atoms with Gasteiger partial charge in [0.1, 0.15) is 6.26 Å². The van der Waals surface area contributed by atoms with Crippen molar-refractivity contribution in [3.63, 3.8) is 0 Å². The van der Waals surface area contributed by atoms with Gasteiger partial charge >= 0.3 is 0 Å². The van der Waals surface area contributed by atoms with Crippen molar-refractivity contribution in [3.05, 3.63) is 47.9 Å². The monoisotopic (exact) mass is 379 g/mol. The molecule has 0 aliphatic carbocycles. The second-order valence-corrected chi connectivity index (χ2v) is 7.86. The molecule has 1 fully saturated rings. The van der Waals surface area contributed by atoms with Gasteiger partial charge in [0.2, 0.25) is 10.0 Å². The number of likely N-dealkylation sites (tertiary alicyclic amines) is 1. The highest BCUT2D eigenvalue weighted by Crippen LogP contribution is 2.21. The lowest BCUT2D eigenvalue weighted by Crippen LogP contribution is -2.38. The van der Waals surface area contributed by atoms with Crippen LogP contribution in [0.4, 0.5) is 0 Å². The van der Waals surface area contributed by atoms with Gasteiger partial charge < -0.3 is 14.2 Å². The number of amides is 1. The van der Waals surface area contributed by atoms with Crippen LogP contribution in [0, 0.1) is 0 Å². The van der Waals surface area contributed by atoms with E-state index in [9.17, 15) is 13.2 Å². The number of hydrogen-bond acceptors (Lipinski definition) is 6. The van der Waals surface area contributed by atoms with Crippen LogP contribution in [0.1, 0.15) is 28.9 Å². The highest BCUT2D eigenvalue weighted by molar-refractivity contribution is 7.89. The molecule has 2 aromatic rings. The van der Waals surface area contributed by atoms with Gasteiger partial charge in [0.25, 0.3) is 5.91 Å². The summed E-state index contributed by atoms with van der Waals surface area (Å²) < 4.78 is 37.3. The lowest BCUT2D eigenvalue weighted by Gasteiger charge is -2.24. The zero-order valence-corrected chi connectivity index (χ0v) is 15.2. The van der Waals surface area contributed by atoms with E-state index in [0.29, 0.717) is 24.4 Å². The van der Waals surface area contributed by atoms with E-state index in [1.54, 1.807) is 30.2 Å². The number of carbonyl (C=O) groups is 1. The van der Waals surface area contributed by atoms with Crippen LogP contribution in [0.15, 0.2) is 46.0 Å². The minimum Gasteiger partial charge on any atom is -0.383 e. The summed E-state index contributed by atoms with van der Waals surface area (Å²) in [4.78, 5) is 14.6. The van der Waals surface area contributed by atoms with Crippen LogP contribution in [0.3, 0.4) is 0 Å². The number of aromatic nitrogens is 1. The molecule has 2 heterocycles. The Morgan fingerprint density at radius 2 is 2.27 bits per heavy atom. The Morgan fingerprint density at radius 3 is 3.00 bits per heavy atom. The zero-order valence-electron chi connectivity index (χ0n) is 14.4. The molecule has 1 N–H and O–H groups in total. The summed E-state index contributed by atoms with van der Waals surface area (Å²) in [6.45, 7) is 1.14. The van der Waals surface area contributed by atoms with Crippen LogP contribution in [0.2, 0.25) is 0 Å². The van der Waals surface area contributed by atoms with Gasteiger partial charge in [-0.25, -0.2) is 13.1 Å². The smallest absolute Gasteiger partial charge is 0.254 e. The summed E-state index contributed by atoms with van der Waals surface area (Å²) in [6, 6.07) is 7.65. The fourth-order valence-electron chi connectivity index (χ4n) is 3.01. The van der Waals surface area contributed by atoms with E-state index in [4.69, 9.17) is 4.74 Å². The van der Waals surface area contributed by atoms with Crippen molar-refractivity contribution in [3.8, 4) is 0 Å². The first-order chi connectivity index (χ1) is 12.5. The van der Waals surface area contributed by atoms with E-state index in [1.165, 1.54) is 18.4 Å². The van der Waals surface area contributed by atoms with Gasteiger partial charge in [0, 0.05) is 25.3 Å². The van der Waals surface area contributed by atoms with Crippen LogP contribution < -0.4 is 4.72 Å². The van der Waals surface area contributed by atoms with Gasteiger partial charge in [-0.3, -0.25) is 4.79 Å². The average Bonchev–Trinajstić information content (AvgIpc) is 3.32. The van der Waals surface area contributed by atoms with Gasteiger partial charge in [-0.1, -0.05) is 11.2 Å². The average molecular weight is 379 g/mol. The fourth-order valence-corrected chi connectivity index (χ4v) is 4.06. The molecule has 0 saturated carbocycles. The first-order valence-electron chi connectivity index (χ1n) is 8.30. The quantitative estimate of drug-likeness (QED) is 0.780. The molecule has 0 spiro atoms. The summed E-state index contributed by atoms with van der Waals surface area (Å²) in [5.74, 6) is -0.182. The third-order valence-electron chi connectivity index (χ3n) is 4.32. The second-order valence-electron chi connectivity index (χ2n) is 6.09. The molecule has 1 aromatic heterocycles. The topological polar surface area (TPSA) is 102 Å². The molecule has 1 saturated heterocycles. The molecule has 1 amide bonds. The molecule has 1 aliphatic heterocycles. The molecule has 0 unspecified atom stereocenters. The fraction of sp³-hybridized carbons (Fsp3) is 0.412. The Labute approximate surface area is 152 Å². The van der Waals surface area contributed by atoms with Crippen molar-refractivity contribution in [2.75, 3.05) is 20.3 Å². The SMILES string of the molecule is COC[C@@H]1CCCN1C(=O)c1cccc(S(=O)(=O)NCc2ccon2)c1. The third kappa shape index (κ3) is 4.12. The Morgan fingerprint density at radius 1 is 1.42 bits per heavy atom. The van der Waals surface area contributed by atoms with E-state index in [1.807, 2.05) is 0 Å². The Balaban J connectivity index is 1.75. The minimum atomic E-state index is -3.77. The zero-order chi connectivity index (χ0) is 18.6. The van der Waals surface area contributed by atoms with E-state index >= 15 is 0 Å². The third-order valence-corrected chi connectivity index (χ3v) is 5.72. The maximum Gasteiger partial charge on any atom is 0.254 e. The molecular formula is C17H21N3O5S. The molecule has 3 rings (SSSR count). The van der Waals surface area contributed by atoms with Crippen molar-refractivity contribution in [1.29, 1.82) is 0 Å². The van der Waals surface area contributed by atoms with E-state index < -0.39 is 10.0 Å². The van der Waals surface area contributed by atoms with Gasteiger partial charge in [-0.05, 0) is 31.0 Å². The summed E-state index contributed by atoms with van der Waals surface area (Å²) in [6.07, 6.45) is 3.17. The molecule has 8 nitrogen and oxygen atoms in total. The molecule has 9 heteroatoms. The van der Waals surface area contributed by atoms with Crippen molar-refractivity contribution < 1.29 is 22.5 Å². The van der Waals surface area contributed by atoms with E-state index in [2.05, 4.69) is 14.4 Å².